The van der Waals surface area contributed by atoms with E-state index in [0.29, 0.717) is 6.42 Å². The number of hydrogen-bond acceptors (Lipinski definition) is 3. The van der Waals surface area contributed by atoms with Crippen molar-refractivity contribution in [3.8, 4) is 6.07 Å². The van der Waals surface area contributed by atoms with E-state index in [1.54, 1.807) is 6.07 Å². The number of rotatable bonds is 1. The van der Waals surface area contributed by atoms with E-state index in [2.05, 4.69) is 0 Å². The molecular formula is C12H7FN2O2. The Labute approximate surface area is 96.3 Å². The summed E-state index contributed by atoms with van der Waals surface area (Å²) in [4.78, 5) is 24.6. The minimum atomic E-state index is -0.652. The van der Waals surface area contributed by atoms with Gasteiger partial charge in [0.05, 0.1) is 23.1 Å². The Hall–Kier alpha value is -2.22. The van der Waals surface area contributed by atoms with Crippen LogP contribution in [-0.4, -0.2) is 11.8 Å². The third-order valence-electron chi connectivity index (χ3n) is 3.19. The molecule has 1 aliphatic carbocycles. The van der Waals surface area contributed by atoms with E-state index in [-0.39, 0.29) is 34.9 Å². The summed E-state index contributed by atoms with van der Waals surface area (Å²) in [5, 5.41) is 8.70. The van der Waals surface area contributed by atoms with Crippen molar-refractivity contribution in [1.82, 2.24) is 0 Å². The van der Waals surface area contributed by atoms with Crippen molar-refractivity contribution in [2.24, 2.45) is 11.8 Å². The summed E-state index contributed by atoms with van der Waals surface area (Å²) in [6, 6.07) is 5.36. The second-order valence-corrected chi connectivity index (χ2v) is 4.24. The van der Waals surface area contributed by atoms with Crippen molar-refractivity contribution in [2.75, 3.05) is 4.90 Å². The second-order valence-electron chi connectivity index (χ2n) is 4.24. The Morgan fingerprint density at radius 1 is 1.29 bits per heavy atom. The van der Waals surface area contributed by atoms with Crippen LogP contribution in [0, 0.1) is 29.0 Å². The van der Waals surface area contributed by atoms with Crippen LogP contribution in [0.25, 0.3) is 0 Å². The molecule has 17 heavy (non-hydrogen) atoms. The van der Waals surface area contributed by atoms with E-state index in [4.69, 9.17) is 5.26 Å². The lowest BCUT2D eigenvalue weighted by molar-refractivity contribution is -0.123. The number of piperidine rings is 1. The zero-order chi connectivity index (χ0) is 12.2. The van der Waals surface area contributed by atoms with E-state index in [9.17, 15) is 14.0 Å². The monoisotopic (exact) mass is 230 g/mol. The maximum absolute atomic E-state index is 13.1. The fraction of sp³-hybridized carbons (Fsp3) is 0.250. The van der Waals surface area contributed by atoms with Gasteiger partial charge in [0.25, 0.3) is 0 Å². The minimum absolute atomic E-state index is 0.163. The molecule has 84 valence electrons. The quantitative estimate of drug-likeness (QED) is 0.681. The van der Waals surface area contributed by atoms with Crippen LogP contribution < -0.4 is 4.90 Å². The molecule has 0 aromatic heterocycles. The lowest BCUT2D eigenvalue weighted by Crippen LogP contribution is -2.32. The molecule has 2 fully saturated rings. The summed E-state index contributed by atoms with van der Waals surface area (Å²) in [6.45, 7) is 0. The van der Waals surface area contributed by atoms with E-state index in [1.807, 2.05) is 0 Å². The first kappa shape index (κ1) is 9.97. The molecule has 1 heterocycles. The molecule has 4 nitrogen and oxygen atoms in total. The van der Waals surface area contributed by atoms with Crippen LogP contribution in [-0.2, 0) is 9.59 Å². The highest BCUT2D eigenvalue weighted by molar-refractivity contribution is 6.24. The minimum Gasteiger partial charge on any atom is -0.274 e. The van der Waals surface area contributed by atoms with Gasteiger partial charge in [-0.25, -0.2) is 4.39 Å². The molecule has 0 N–H and O–H groups in total. The van der Waals surface area contributed by atoms with Gasteiger partial charge in [-0.3, -0.25) is 14.5 Å². The van der Waals surface area contributed by atoms with Crippen LogP contribution >= 0.6 is 0 Å². The summed E-state index contributed by atoms with van der Waals surface area (Å²) in [7, 11) is 0. The van der Waals surface area contributed by atoms with Gasteiger partial charge in [-0.1, -0.05) is 0 Å². The molecule has 1 saturated heterocycles. The molecule has 2 amide bonds. The number of carbonyl (C=O) groups excluding carboxylic acids is 2. The number of carbonyl (C=O) groups is 2. The number of hydrogen-bond donors (Lipinski definition) is 0. The number of amides is 2. The molecule has 2 atom stereocenters. The van der Waals surface area contributed by atoms with Gasteiger partial charge in [-0.2, -0.15) is 5.26 Å². The highest BCUT2D eigenvalue weighted by atomic mass is 19.1. The Kier molecular flexibility index (Phi) is 1.84. The second kappa shape index (κ2) is 3.14. The SMILES string of the molecule is N#Cc1cc(N2C(=O)C3CC3C2=O)ccc1F. The number of fused-ring (bicyclic) bond motifs is 1. The Bertz CT molecular complexity index is 571. The lowest BCUT2D eigenvalue weighted by atomic mass is 10.2. The molecular weight excluding hydrogens is 223 g/mol. The highest BCUT2D eigenvalue weighted by Crippen LogP contribution is 2.48. The molecule has 2 unspecified atom stereocenters. The smallest absolute Gasteiger partial charge is 0.237 e. The number of nitrogens with zero attached hydrogens (tertiary/aromatic N) is 2. The molecule has 1 aliphatic heterocycles. The predicted molar refractivity (Wildman–Crippen MR) is 55.2 cm³/mol. The van der Waals surface area contributed by atoms with Gasteiger partial charge >= 0.3 is 0 Å². The molecule has 0 spiro atoms. The van der Waals surface area contributed by atoms with Crippen LogP contribution in [0.2, 0.25) is 0 Å². The number of imide groups is 1. The van der Waals surface area contributed by atoms with Crippen LogP contribution in [0.4, 0.5) is 10.1 Å². The third-order valence-corrected chi connectivity index (χ3v) is 3.19. The van der Waals surface area contributed by atoms with Crippen LogP contribution in [0.3, 0.4) is 0 Å². The highest BCUT2D eigenvalue weighted by Gasteiger charge is 2.59. The summed E-state index contributed by atoms with van der Waals surface area (Å²) in [6.07, 6.45) is 0.625. The van der Waals surface area contributed by atoms with Crippen LogP contribution in [0.1, 0.15) is 12.0 Å². The zero-order valence-electron chi connectivity index (χ0n) is 8.68. The summed E-state index contributed by atoms with van der Waals surface area (Å²) >= 11 is 0. The predicted octanol–water partition coefficient (Wildman–Crippen LogP) is 1.21. The van der Waals surface area contributed by atoms with Crippen molar-refractivity contribution in [1.29, 1.82) is 5.26 Å². The zero-order valence-corrected chi connectivity index (χ0v) is 8.68. The molecule has 5 heteroatoms. The largest absolute Gasteiger partial charge is 0.274 e. The van der Waals surface area contributed by atoms with Gasteiger partial charge in [0.2, 0.25) is 11.8 Å². The summed E-state index contributed by atoms with van der Waals surface area (Å²) in [5.74, 6) is -1.53. The standard InChI is InChI=1S/C12H7FN2O2/c13-10-2-1-7(3-6(10)5-14)15-11(16)8-4-9(8)12(15)17/h1-3,8-9H,4H2. The van der Waals surface area contributed by atoms with Gasteiger partial charge in [0.1, 0.15) is 11.9 Å². The number of benzene rings is 1. The van der Waals surface area contributed by atoms with Gasteiger partial charge in [0, 0.05) is 0 Å². The Balaban J connectivity index is 2.03. The van der Waals surface area contributed by atoms with Crippen molar-refractivity contribution in [3.05, 3.63) is 29.6 Å². The van der Waals surface area contributed by atoms with Gasteiger partial charge < -0.3 is 0 Å². The maximum atomic E-state index is 13.1. The summed E-state index contributed by atoms with van der Waals surface area (Å²) < 4.78 is 13.1. The fourth-order valence-corrected chi connectivity index (χ4v) is 2.17. The van der Waals surface area contributed by atoms with Crippen molar-refractivity contribution < 1.29 is 14.0 Å². The first-order chi connectivity index (χ1) is 8.13. The van der Waals surface area contributed by atoms with Crippen molar-refractivity contribution in [2.45, 2.75) is 6.42 Å². The lowest BCUT2D eigenvalue weighted by Gasteiger charge is -2.16. The molecule has 1 aromatic rings. The van der Waals surface area contributed by atoms with Gasteiger partial charge in [-0.05, 0) is 24.6 Å². The normalized spacial score (nSPS) is 25.8. The average molecular weight is 230 g/mol. The van der Waals surface area contributed by atoms with E-state index in [1.165, 1.54) is 12.1 Å². The maximum Gasteiger partial charge on any atom is 0.237 e. The van der Waals surface area contributed by atoms with Crippen molar-refractivity contribution >= 4 is 17.5 Å². The van der Waals surface area contributed by atoms with E-state index in [0.717, 1.165) is 11.0 Å². The van der Waals surface area contributed by atoms with E-state index >= 15 is 0 Å². The summed E-state index contributed by atoms with van der Waals surface area (Å²) in [5.41, 5.74) is 0.119. The van der Waals surface area contributed by atoms with Gasteiger partial charge in [0.15, 0.2) is 0 Å². The fourth-order valence-electron chi connectivity index (χ4n) is 2.17. The molecule has 3 rings (SSSR count). The average Bonchev–Trinajstić information content (AvgIpc) is 3.06. The molecule has 1 saturated carbocycles. The molecule has 0 radical (unpaired) electrons. The van der Waals surface area contributed by atoms with Crippen LogP contribution in [0.15, 0.2) is 18.2 Å². The molecule has 0 bridgehead atoms. The van der Waals surface area contributed by atoms with Crippen LogP contribution in [0.5, 0.6) is 0 Å². The molecule has 1 aromatic carbocycles. The van der Waals surface area contributed by atoms with E-state index < -0.39 is 5.82 Å². The Morgan fingerprint density at radius 3 is 2.53 bits per heavy atom. The first-order valence-electron chi connectivity index (χ1n) is 5.21. The number of anilines is 1. The molecule has 2 aliphatic rings. The third kappa shape index (κ3) is 1.27. The number of halogens is 1. The van der Waals surface area contributed by atoms with Crippen molar-refractivity contribution in [3.63, 3.8) is 0 Å². The number of nitriles is 1. The first-order valence-corrected chi connectivity index (χ1v) is 5.21. The Morgan fingerprint density at radius 2 is 1.94 bits per heavy atom. The van der Waals surface area contributed by atoms with Gasteiger partial charge in [-0.15, -0.1) is 0 Å². The topological polar surface area (TPSA) is 61.2 Å².